The molecule has 2 rings (SSSR count). The van der Waals surface area contributed by atoms with E-state index in [1.165, 1.54) is 12.8 Å². The predicted octanol–water partition coefficient (Wildman–Crippen LogP) is 4.48. The third-order valence-electron chi connectivity index (χ3n) is 5.42. The third kappa shape index (κ3) is 4.48. The molecule has 0 aromatic heterocycles. The first-order valence-corrected chi connectivity index (χ1v) is 10.5. The quantitative estimate of drug-likeness (QED) is 0.770. The predicted molar refractivity (Wildman–Crippen MR) is 95.9 cm³/mol. The molecule has 0 aromatic rings. The molecule has 0 amide bonds. The van der Waals surface area contributed by atoms with E-state index in [-0.39, 0.29) is 16.4 Å². The minimum absolute atomic E-state index is 0.101. The molecule has 3 unspecified atom stereocenters. The van der Waals surface area contributed by atoms with Crippen LogP contribution in [0.3, 0.4) is 0 Å². The second kappa shape index (κ2) is 6.04. The third-order valence-corrected chi connectivity index (χ3v) is 7.75. The first-order valence-electron chi connectivity index (χ1n) is 8.86. The molecule has 1 aliphatic carbocycles. The van der Waals surface area contributed by atoms with E-state index < -0.39 is 9.92 Å². The molecule has 1 heterocycles. The Kier molecular flexibility index (Phi) is 4.92. The van der Waals surface area contributed by atoms with Gasteiger partial charge >= 0.3 is 0 Å². The van der Waals surface area contributed by atoms with Crippen LogP contribution in [-0.2, 0) is 9.92 Å². The van der Waals surface area contributed by atoms with E-state index in [1.54, 1.807) is 0 Å². The van der Waals surface area contributed by atoms with Gasteiger partial charge in [0.25, 0.3) is 0 Å². The highest BCUT2D eigenvalue weighted by Gasteiger charge is 2.49. The molecule has 0 radical (unpaired) electrons. The van der Waals surface area contributed by atoms with Gasteiger partial charge < -0.3 is 0 Å². The van der Waals surface area contributed by atoms with Gasteiger partial charge in [0.2, 0.25) is 6.19 Å². The van der Waals surface area contributed by atoms with Crippen molar-refractivity contribution in [2.24, 2.45) is 27.0 Å². The minimum atomic E-state index is -2.71. The summed E-state index contributed by atoms with van der Waals surface area (Å²) in [6, 6.07) is 0. The van der Waals surface area contributed by atoms with Crippen molar-refractivity contribution in [1.29, 1.82) is 5.26 Å². The number of hydrogen-bond donors (Lipinski definition) is 1. The lowest BCUT2D eigenvalue weighted by Gasteiger charge is -2.49. The fourth-order valence-electron chi connectivity index (χ4n) is 5.50. The summed E-state index contributed by atoms with van der Waals surface area (Å²) in [5.74, 6) is 1.66. The molecule has 3 atom stereocenters. The molecule has 132 valence electrons. The number of nitrogens with zero attached hydrogens (tertiary/aromatic N) is 2. The van der Waals surface area contributed by atoms with Crippen molar-refractivity contribution in [3.8, 4) is 6.19 Å². The first-order chi connectivity index (χ1) is 10.4. The van der Waals surface area contributed by atoms with Crippen molar-refractivity contribution in [3.05, 3.63) is 0 Å². The standard InChI is InChI=1S/C18H33N3OS/c1-7-15(14-8-9-14)18(6)11-16(2,3)10-17(4,5)12-23(22,21-18)20-13-19/h14-15H,7-12H2,1-6H3,(H,20,21,22). The van der Waals surface area contributed by atoms with Gasteiger partial charge in [-0.3, -0.25) is 0 Å². The summed E-state index contributed by atoms with van der Waals surface area (Å²) in [4.78, 5) is 0. The summed E-state index contributed by atoms with van der Waals surface area (Å²) in [6.45, 7) is 13.4. The van der Waals surface area contributed by atoms with E-state index in [9.17, 15) is 4.21 Å². The molecule has 0 bridgehead atoms. The Balaban J connectivity index is 2.47. The van der Waals surface area contributed by atoms with Crippen molar-refractivity contribution >= 4 is 9.92 Å². The normalized spacial score (nSPS) is 38.0. The lowest BCUT2D eigenvalue weighted by atomic mass is 9.66. The molecule has 2 aliphatic rings. The molecule has 0 aromatic carbocycles. The van der Waals surface area contributed by atoms with E-state index in [0.29, 0.717) is 11.7 Å². The summed E-state index contributed by atoms with van der Waals surface area (Å²) < 4.78 is 20.7. The van der Waals surface area contributed by atoms with Gasteiger partial charge in [-0.05, 0) is 55.3 Å². The molecule has 1 aliphatic heterocycles. The number of rotatable bonds is 3. The highest BCUT2D eigenvalue weighted by molar-refractivity contribution is 7.91. The van der Waals surface area contributed by atoms with E-state index in [1.807, 2.05) is 6.19 Å². The molecule has 1 saturated heterocycles. The molecule has 1 saturated carbocycles. The molecule has 23 heavy (non-hydrogen) atoms. The lowest BCUT2D eigenvalue weighted by Crippen LogP contribution is -2.57. The van der Waals surface area contributed by atoms with Gasteiger partial charge in [-0.15, -0.1) is 4.36 Å². The highest BCUT2D eigenvalue weighted by atomic mass is 32.2. The van der Waals surface area contributed by atoms with Crippen LogP contribution in [0.5, 0.6) is 0 Å². The Bertz CT molecular complexity index is 606. The SMILES string of the molecule is CCC(C1CC1)C1(C)CC(C)(C)CC(C)(C)CS(=O)(=NC#N)N1. The topological polar surface area (TPSA) is 65.2 Å². The summed E-state index contributed by atoms with van der Waals surface area (Å²) >= 11 is 0. The summed E-state index contributed by atoms with van der Waals surface area (Å²) in [7, 11) is -2.71. The van der Waals surface area contributed by atoms with Crippen LogP contribution in [0.1, 0.15) is 73.6 Å². The molecule has 5 heteroatoms. The fourth-order valence-corrected chi connectivity index (χ4v) is 7.93. The van der Waals surface area contributed by atoms with Gasteiger partial charge in [-0.1, -0.05) is 41.0 Å². The second-order valence-corrected chi connectivity index (χ2v) is 11.5. The summed E-state index contributed by atoms with van der Waals surface area (Å²) in [5.41, 5.74) is -0.162. The zero-order valence-corrected chi connectivity index (χ0v) is 16.4. The first kappa shape index (κ1) is 18.7. The largest absolute Gasteiger partial charge is 0.233 e. The van der Waals surface area contributed by atoms with Crippen LogP contribution in [0.4, 0.5) is 0 Å². The van der Waals surface area contributed by atoms with Crippen molar-refractivity contribution in [1.82, 2.24) is 4.72 Å². The number of hydrogen-bond acceptors (Lipinski definition) is 3. The van der Waals surface area contributed by atoms with Crippen molar-refractivity contribution < 1.29 is 4.21 Å². The van der Waals surface area contributed by atoms with E-state index in [4.69, 9.17) is 5.26 Å². The Morgan fingerprint density at radius 2 is 1.83 bits per heavy atom. The van der Waals surface area contributed by atoms with Crippen molar-refractivity contribution in [3.63, 3.8) is 0 Å². The Hall–Kier alpha value is -0.600. The average molecular weight is 340 g/mol. The van der Waals surface area contributed by atoms with Crippen LogP contribution < -0.4 is 4.72 Å². The summed E-state index contributed by atoms with van der Waals surface area (Å²) in [6.07, 6.45) is 7.41. The highest BCUT2D eigenvalue weighted by Crippen LogP contribution is 2.50. The monoisotopic (exact) mass is 339 g/mol. The van der Waals surface area contributed by atoms with E-state index in [0.717, 1.165) is 25.2 Å². The van der Waals surface area contributed by atoms with Crippen LogP contribution in [0, 0.1) is 34.1 Å². The number of nitriles is 1. The van der Waals surface area contributed by atoms with Gasteiger partial charge in [0.1, 0.15) is 9.92 Å². The summed E-state index contributed by atoms with van der Waals surface area (Å²) in [5, 5.41) is 9.07. The van der Waals surface area contributed by atoms with E-state index in [2.05, 4.69) is 50.6 Å². The Morgan fingerprint density at radius 3 is 2.30 bits per heavy atom. The maximum absolute atomic E-state index is 13.4. The smallest absolute Gasteiger partial charge is 0.215 e. The minimum Gasteiger partial charge on any atom is -0.233 e. The lowest BCUT2D eigenvalue weighted by molar-refractivity contribution is 0.105. The van der Waals surface area contributed by atoms with Gasteiger partial charge in [0.15, 0.2) is 0 Å². The zero-order valence-electron chi connectivity index (χ0n) is 15.6. The van der Waals surface area contributed by atoms with Crippen LogP contribution in [-0.4, -0.2) is 15.5 Å². The second-order valence-electron chi connectivity index (χ2n) is 9.53. The molecule has 0 spiro atoms. The molecule has 1 N–H and O–H groups in total. The fraction of sp³-hybridized carbons (Fsp3) is 0.944. The molecule has 4 nitrogen and oxygen atoms in total. The van der Waals surface area contributed by atoms with E-state index >= 15 is 0 Å². The molecular weight excluding hydrogens is 306 g/mol. The van der Waals surface area contributed by atoms with Gasteiger partial charge in [0, 0.05) is 5.54 Å². The molecule has 2 fully saturated rings. The Morgan fingerprint density at radius 1 is 1.22 bits per heavy atom. The van der Waals surface area contributed by atoms with Gasteiger partial charge in [0.05, 0.1) is 5.75 Å². The maximum Gasteiger partial charge on any atom is 0.215 e. The van der Waals surface area contributed by atoms with Crippen LogP contribution >= 0.6 is 0 Å². The van der Waals surface area contributed by atoms with Gasteiger partial charge in [-0.2, -0.15) is 5.26 Å². The van der Waals surface area contributed by atoms with Crippen LogP contribution in [0.25, 0.3) is 0 Å². The van der Waals surface area contributed by atoms with Gasteiger partial charge in [-0.25, -0.2) is 8.93 Å². The van der Waals surface area contributed by atoms with Crippen LogP contribution in [0.2, 0.25) is 0 Å². The van der Waals surface area contributed by atoms with Crippen molar-refractivity contribution in [2.75, 3.05) is 5.75 Å². The maximum atomic E-state index is 13.4. The molecular formula is C18H33N3OS. The number of nitrogens with one attached hydrogen (secondary N) is 1. The van der Waals surface area contributed by atoms with Crippen LogP contribution in [0.15, 0.2) is 4.36 Å². The van der Waals surface area contributed by atoms with Crippen molar-refractivity contribution in [2.45, 2.75) is 79.2 Å². The average Bonchev–Trinajstić information content (AvgIpc) is 3.07. The zero-order chi connectivity index (χ0) is 17.5. The Labute approximate surface area is 142 Å².